The summed E-state index contributed by atoms with van der Waals surface area (Å²) in [7, 11) is 0. The minimum absolute atomic E-state index is 0.00472. The fourth-order valence-corrected chi connectivity index (χ4v) is 2.96. The molecule has 0 aromatic heterocycles. The number of aliphatic hydroxyl groups is 2. The molecule has 1 aliphatic rings. The molecule has 0 aliphatic heterocycles. The molecule has 2 rings (SSSR count). The van der Waals surface area contributed by atoms with Gasteiger partial charge in [-0.3, -0.25) is 0 Å². The summed E-state index contributed by atoms with van der Waals surface area (Å²) in [4.78, 5) is 0. The fourth-order valence-electron chi connectivity index (χ4n) is 2.96. The van der Waals surface area contributed by atoms with Gasteiger partial charge in [0.05, 0.1) is 12.7 Å². The highest BCUT2D eigenvalue weighted by molar-refractivity contribution is 5.61. The molecule has 0 fully saturated rings. The van der Waals surface area contributed by atoms with Crippen molar-refractivity contribution in [1.82, 2.24) is 0 Å². The van der Waals surface area contributed by atoms with E-state index < -0.39 is 11.5 Å². The second kappa shape index (κ2) is 3.97. The molecule has 2 nitrogen and oxygen atoms in total. The van der Waals surface area contributed by atoms with Crippen LogP contribution in [-0.4, -0.2) is 16.8 Å². The molecule has 0 saturated carbocycles. The van der Waals surface area contributed by atoms with Gasteiger partial charge in [-0.1, -0.05) is 25.6 Å². The predicted octanol–water partition coefficient (Wildman–Crippen LogP) is 2.53. The predicted molar refractivity (Wildman–Crippen MR) is 69.9 cm³/mol. The minimum Gasteiger partial charge on any atom is -0.396 e. The van der Waals surface area contributed by atoms with Crippen LogP contribution in [0.25, 0.3) is 6.08 Å². The number of benzene rings is 1. The first kappa shape index (κ1) is 12.3. The van der Waals surface area contributed by atoms with Gasteiger partial charge < -0.3 is 10.2 Å². The standard InChI is InChI=1S/C15H20O2/c1-5-12-9(2)6-11-7-15(4,8-16)14(17)13(11)10(12)3/h5-6,14,16-17H,1,7-8H2,2-4H3. The Hall–Kier alpha value is -1.12. The quantitative estimate of drug-likeness (QED) is 0.822. The number of aliphatic hydroxyl groups excluding tert-OH is 2. The average molecular weight is 232 g/mol. The summed E-state index contributed by atoms with van der Waals surface area (Å²) in [6.07, 6.45) is 1.99. The van der Waals surface area contributed by atoms with Gasteiger partial charge in [-0.15, -0.1) is 0 Å². The van der Waals surface area contributed by atoms with Crippen molar-refractivity contribution in [2.24, 2.45) is 5.41 Å². The molecule has 2 heteroatoms. The Bertz CT molecular complexity index is 476. The molecule has 92 valence electrons. The monoisotopic (exact) mass is 232 g/mol. The van der Waals surface area contributed by atoms with Crippen molar-refractivity contribution >= 4 is 6.08 Å². The molecule has 0 spiro atoms. The lowest BCUT2D eigenvalue weighted by Gasteiger charge is -2.26. The molecular weight excluding hydrogens is 212 g/mol. The second-order valence-corrected chi connectivity index (χ2v) is 5.40. The van der Waals surface area contributed by atoms with E-state index in [4.69, 9.17) is 0 Å². The third-order valence-corrected chi connectivity index (χ3v) is 4.06. The zero-order chi connectivity index (χ0) is 12.8. The number of rotatable bonds is 2. The maximum absolute atomic E-state index is 10.4. The summed E-state index contributed by atoms with van der Waals surface area (Å²) in [5.74, 6) is 0. The van der Waals surface area contributed by atoms with Crippen LogP contribution in [-0.2, 0) is 6.42 Å². The Morgan fingerprint density at radius 3 is 2.71 bits per heavy atom. The van der Waals surface area contributed by atoms with E-state index in [1.54, 1.807) is 0 Å². The van der Waals surface area contributed by atoms with E-state index in [9.17, 15) is 10.2 Å². The molecule has 0 bridgehead atoms. The maximum Gasteiger partial charge on any atom is 0.0874 e. The number of hydrogen-bond donors (Lipinski definition) is 2. The van der Waals surface area contributed by atoms with E-state index in [2.05, 4.69) is 19.6 Å². The molecular formula is C15H20O2. The lowest BCUT2D eigenvalue weighted by atomic mass is 9.85. The lowest BCUT2D eigenvalue weighted by molar-refractivity contribution is 0.00755. The van der Waals surface area contributed by atoms with Gasteiger partial charge in [0.15, 0.2) is 0 Å². The average Bonchev–Trinajstić information content (AvgIpc) is 2.52. The van der Waals surface area contributed by atoms with Crippen molar-refractivity contribution in [1.29, 1.82) is 0 Å². The third-order valence-electron chi connectivity index (χ3n) is 4.06. The van der Waals surface area contributed by atoms with Crippen molar-refractivity contribution in [3.63, 3.8) is 0 Å². The van der Waals surface area contributed by atoms with Gasteiger partial charge in [-0.05, 0) is 48.1 Å². The Kier molecular flexibility index (Phi) is 2.88. The van der Waals surface area contributed by atoms with E-state index in [1.165, 1.54) is 5.56 Å². The summed E-state index contributed by atoms with van der Waals surface area (Å²) in [6, 6.07) is 2.11. The van der Waals surface area contributed by atoms with Crippen LogP contribution in [0.2, 0.25) is 0 Å². The van der Waals surface area contributed by atoms with Crippen LogP contribution in [0.1, 0.15) is 40.8 Å². The van der Waals surface area contributed by atoms with Gasteiger partial charge in [-0.2, -0.15) is 0 Å². The molecule has 1 aromatic rings. The second-order valence-electron chi connectivity index (χ2n) is 5.40. The molecule has 2 unspecified atom stereocenters. The van der Waals surface area contributed by atoms with Crippen LogP contribution < -0.4 is 0 Å². The van der Waals surface area contributed by atoms with E-state index >= 15 is 0 Å². The van der Waals surface area contributed by atoms with E-state index in [1.807, 2.05) is 19.9 Å². The number of fused-ring (bicyclic) bond motifs is 1. The number of hydrogen-bond acceptors (Lipinski definition) is 2. The van der Waals surface area contributed by atoms with Crippen LogP contribution in [0.3, 0.4) is 0 Å². The van der Waals surface area contributed by atoms with Crippen molar-refractivity contribution < 1.29 is 10.2 Å². The topological polar surface area (TPSA) is 40.5 Å². The van der Waals surface area contributed by atoms with Crippen molar-refractivity contribution in [3.8, 4) is 0 Å². The molecule has 0 heterocycles. The van der Waals surface area contributed by atoms with E-state index in [0.717, 1.165) is 28.7 Å². The SMILES string of the molecule is C=Cc1c(C)cc2c(c1C)C(O)C(C)(CO)C2. The summed E-state index contributed by atoms with van der Waals surface area (Å²) >= 11 is 0. The first-order valence-electron chi connectivity index (χ1n) is 5.99. The van der Waals surface area contributed by atoms with Crippen molar-refractivity contribution in [2.75, 3.05) is 6.61 Å². The van der Waals surface area contributed by atoms with Gasteiger partial charge in [0.2, 0.25) is 0 Å². The molecule has 1 aliphatic carbocycles. The zero-order valence-electron chi connectivity index (χ0n) is 10.7. The molecule has 0 radical (unpaired) electrons. The maximum atomic E-state index is 10.4. The normalized spacial score (nSPS) is 27.0. The van der Waals surface area contributed by atoms with Gasteiger partial charge in [0.1, 0.15) is 0 Å². The summed E-state index contributed by atoms with van der Waals surface area (Å²) < 4.78 is 0. The molecule has 2 atom stereocenters. The highest BCUT2D eigenvalue weighted by Crippen LogP contribution is 2.47. The van der Waals surface area contributed by atoms with Crippen LogP contribution in [0.15, 0.2) is 12.6 Å². The molecule has 2 N–H and O–H groups in total. The van der Waals surface area contributed by atoms with Gasteiger partial charge >= 0.3 is 0 Å². The Morgan fingerprint density at radius 1 is 1.53 bits per heavy atom. The summed E-state index contributed by atoms with van der Waals surface area (Å²) in [5.41, 5.74) is 5.09. The number of aryl methyl sites for hydroxylation is 1. The van der Waals surface area contributed by atoms with Crippen LogP contribution in [0.5, 0.6) is 0 Å². The smallest absolute Gasteiger partial charge is 0.0874 e. The first-order valence-corrected chi connectivity index (χ1v) is 5.99. The fraction of sp³-hybridized carbons (Fsp3) is 0.467. The zero-order valence-corrected chi connectivity index (χ0v) is 10.7. The van der Waals surface area contributed by atoms with E-state index in [-0.39, 0.29) is 6.61 Å². The molecule has 0 saturated heterocycles. The summed E-state index contributed by atoms with van der Waals surface area (Å²) in [5, 5.41) is 19.9. The largest absolute Gasteiger partial charge is 0.396 e. The van der Waals surface area contributed by atoms with Crippen LogP contribution in [0, 0.1) is 19.3 Å². The Morgan fingerprint density at radius 2 is 2.18 bits per heavy atom. The van der Waals surface area contributed by atoms with Crippen molar-refractivity contribution in [3.05, 3.63) is 40.5 Å². The van der Waals surface area contributed by atoms with Crippen LogP contribution >= 0.6 is 0 Å². The minimum atomic E-state index is -0.582. The first-order chi connectivity index (χ1) is 7.94. The van der Waals surface area contributed by atoms with E-state index in [0.29, 0.717) is 0 Å². The Labute approximate surface area is 103 Å². The third kappa shape index (κ3) is 1.63. The molecule has 0 amide bonds. The van der Waals surface area contributed by atoms with Gasteiger partial charge in [0.25, 0.3) is 0 Å². The molecule has 17 heavy (non-hydrogen) atoms. The molecule has 1 aromatic carbocycles. The highest BCUT2D eigenvalue weighted by atomic mass is 16.3. The highest BCUT2D eigenvalue weighted by Gasteiger charge is 2.42. The Balaban J connectivity index is 2.64. The summed E-state index contributed by atoms with van der Waals surface area (Å²) in [6.45, 7) is 9.85. The van der Waals surface area contributed by atoms with Gasteiger partial charge in [0, 0.05) is 5.41 Å². The van der Waals surface area contributed by atoms with Crippen molar-refractivity contribution in [2.45, 2.75) is 33.3 Å². The lowest BCUT2D eigenvalue weighted by Crippen LogP contribution is -2.26. The van der Waals surface area contributed by atoms with Gasteiger partial charge in [-0.25, -0.2) is 0 Å². The van der Waals surface area contributed by atoms with Crippen LogP contribution in [0.4, 0.5) is 0 Å².